The van der Waals surface area contributed by atoms with Crippen LogP contribution in [0.5, 0.6) is 0 Å². The van der Waals surface area contributed by atoms with Crippen LogP contribution in [0.1, 0.15) is 44.7 Å². The number of hydrogen-bond donors (Lipinski definition) is 1. The Labute approximate surface area is 159 Å². The van der Waals surface area contributed by atoms with E-state index in [1.165, 1.54) is 11.1 Å². The van der Waals surface area contributed by atoms with Crippen LogP contribution in [0, 0.1) is 0 Å². The SMILES string of the molecule is CC(C)(C)OC(=O)N1CCc2ccc(Cl)c(SCCCCO)c2CC1. The highest BCUT2D eigenvalue weighted by molar-refractivity contribution is 7.99. The van der Waals surface area contributed by atoms with Gasteiger partial charge in [0.1, 0.15) is 5.60 Å². The molecule has 1 heterocycles. The second-order valence-electron chi connectivity index (χ2n) is 7.26. The average molecular weight is 386 g/mol. The smallest absolute Gasteiger partial charge is 0.410 e. The minimum Gasteiger partial charge on any atom is -0.444 e. The van der Waals surface area contributed by atoms with Gasteiger partial charge < -0.3 is 14.7 Å². The zero-order valence-electron chi connectivity index (χ0n) is 15.3. The summed E-state index contributed by atoms with van der Waals surface area (Å²) in [6.07, 6.45) is 3.13. The highest BCUT2D eigenvalue weighted by atomic mass is 35.5. The molecular formula is C19H28ClNO3S. The van der Waals surface area contributed by atoms with Crippen molar-refractivity contribution in [2.45, 2.75) is 57.0 Å². The van der Waals surface area contributed by atoms with E-state index in [9.17, 15) is 4.79 Å². The van der Waals surface area contributed by atoms with Crippen LogP contribution >= 0.6 is 23.4 Å². The predicted octanol–water partition coefficient (Wildman–Crippen LogP) is 4.54. The molecule has 1 aromatic carbocycles. The van der Waals surface area contributed by atoms with Crippen molar-refractivity contribution in [3.05, 3.63) is 28.3 Å². The molecule has 0 bridgehead atoms. The first kappa shape index (κ1) is 20.4. The minimum atomic E-state index is -0.479. The first-order valence-electron chi connectivity index (χ1n) is 8.83. The van der Waals surface area contributed by atoms with E-state index in [-0.39, 0.29) is 12.7 Å². The highest BCUT2D eigenvalue weighted by Crippen LogP contribution is 2.35. The maximum Gasteiger partial charge on any atom is 0.410 e. The first-order chi connectivity index (χ1) is 11.8. The number of carbonyl (C=O) groups is 1. The Hall–Kier alpha value is -0.910. The van der Waals surface area contributed by atoms with Crippen molar-refractivity contribution in [1.29, 1.82) is 0 Å². The molecule has 140 valence electrons. The van der Waals surface area contributed by atoms with Gasteiger partial charge in [0.05, 0.1) is 5.02 Å². The number of amides is 1. The molecule has 25 heavy (non-hydrogen) atoms. The molecule has 1 amide bonds. The van der Waals surface area contributed by atoms with E-state index in [2.05, 4.69) is 6.07 Å². The molecule has 0 aliphatic carbocycles. The van der Waals surface area contributed by atoms with Gasteiger partial charge in [-0.1, -0.05) is 17.7 Å². The van der Waals surface area contributed by atoms with Crippen molar-refractivity contribution in [2.24, 2.45) is 0 Å². The van der Waals surface area contributed by atoms with Gasteiger partial charge >= 0.3 is 6.09 Å². The molecule has 0 radical (unpaired) electrons. The number of nitrogens with zero attached hydrogens (tertiary/aromatic N) is 1. The van der Waals surface area contributed by atoms with Gasteiger partial charge in [-0.15, -0.1) is 11.8 Å². The quantitative estimate of drug-likeness (QED) is 0.597. The number of ether oxygens (including phenoxy) is 1. The zero-order valence-corrected chi connectivity index (χ0v) is 16.9. The summed E-state index contributed by atoms with van der Waals surface area (Å²) in [5.41, 5.74) is 2.04. The van der Waals surface area contributed by atoms with Gasteiger partial charge in [0, 0.05) is 24.6 Å². The molecule has 0 aromatic heterocycles. The normalized spacial score (nSPS) is 14.8. The Morgan fingerprint density at radius 3 is 2.68 bits per heavy atom. The standard InChI is InChI=1S/C19H28ClNO3S/c1-19(2,3)24-18(23)21-10-8-14-6-7-16(20)17(15(14)9-11-21)25-13-5-4-12-22/h6-7,22H,4-5,8-13H2,1-3H3. The Morgan fingerprint density at radius 2 is 2.00 bits per heavy atom. The first-order valence-corrected chi connectivity index (χ1v) is 10.2. The average Bonchev–Trinajstić information content (AvgIpc) is 2.74. The number of aliphatic hydroxyl groups is 1. The van der Waals surface area contributed by atoms with Gasteiger partial charge in [-0.25, -0.2) is 4.79 Å². The van der Waals surface area contributed by atoms with Crippen LogP contribution < -0.4 is 0 Å². The Morgan fingerprint density at radius 1 is 1.28 bits per heavy atom. The van der Waals surface area contributed by atoms with E-state index in [1.54, 1.807) is 16.7 Å². The number of rotatable bonds is 5. The molecule has 0 saturated heterocycles. The van der Waals surface area contributed by atoms with Crippen LogP contribution in [0.2, 0.25) is 5.02 Å². The fourth-order valence-electron chi connectivity index (χ4n) is 2.82. The molecule has 0 atom stereocenters. The van der Waals surface area contributed by atoms with Gasteiger partial charge in [-0.3, -0.25) is 0 Å². The molecule has 2 rings (SSSR count). The molecule has 1 aliphatic rings. The lowest BCUT2D eigenvalue weighted by Gasteiger charge is -2.26. The van der Waals surface area contributed by atoms with Crippen LogP contribution in [0.25, 0.3) is 0 Å². The van der Waals surface area contributed by atoms with Crippen LogP contribution in [0.15, 0.2) is 17.0 Å². The third kappa shape index (κ3) is 6.08. The number of carbonyl (C=O) groups excluding carboxylic acids is 1. The van der Waals surface area contributed by atoms with Gasteiger partial charge in [0.25, 0.3) is 0 Å². The third-order valence-electron chi connectivity index (χ3n) is 4.04. The van der Waals surface area contributed by atoms with Crippen LogP contribution in [0.4, 0.5) is 4.79 Å². The largest absolute Gasteiger partial charge is 0.444 e. The lowest BCUT2D eigenvalue weighted by atomic mass is 10.0. The number of benzene rings is 1. The molecule has 1 N–H and O–H groups in total. The fraction of sp³-hybridized carbons (Fsp3) is 0.632. The maximum absolute atomic E-state index is 12.4. The van der Waals surface area contributed by atoms with Gasteiger partial charge in [-0.2, -0.15) is 0 Å². The topological polar surface area (TPSA) is 49.8 Å². The monoisotopic (exact) mass is 385 g/mol. The number of halogens is 1. The molecule has 1 aliphatic heterocycles. The number of hydrogen-bond acceptors (Lipinski definition) is 4. The minimum absolute atomic E-state index is 0.228. The number of unbranched alkanes of at least 4 members (excludes halogenated alkanes) is 1. The number of fused-ring (bicyclic) bond motifs is 1. The third-order valence-corrected chi connectivity index (χ3v) is 5.72. The van der Waals surface area contributed by atoms with Gasteiger partial charge in [-0.05, 0) is 69.4 Å². The van der Waals surface area contributed by atoms with E-state index in [0.29, 0.717) is 13.1 Å². The summed E-state index contributed by atoms with van der Waals surface area (Å²) in [4.78, 5) is 15.3. The van der Waals surface area contributed by atoms with E-state index in [0.717, 1.165) is 41.4 Å². The van der Waals surface area contributed by atoms with Gasteiger partial charge in [0.15, 0.2) is 0 Å². The summed E-state index contributed by atoms with van der Waals surface area (Å²) < 4.78 is 5.51. The van der Waals surface area contributed by atoms with Crippen molar-refractivity contribution >= 4 is 29.5 Å². The second-order valence-corrected chi connectivity index (χ2v) is 8.77. The molecule has 4 nitrogen and oxygen atoms in total. The van der Waals surface area contributed by atoms with Crippen molar-refractivity contribution < 1.29 is 14.6 Å². The number of aliphatic hydroxyl groups excluding tert-OH is 1. The summed E-state index contributed by atoms with van der Waals surface area (Å²) in [6, 6.07) is 4.03. The fourth-order valence-corrected chi connectivity index (χ4v) is 4.32. The summed E-state index contributed by atoms with van der Waals surface area (Å²) in [6.45, 7) is 7.20. The molecule has 6 heteroatoms. The number of thioether (sulfide) groups is 1. The molecule has 1 aromatic rings. The maximum atomic E-state index is 12.4. The predicted molar refractivity (Wildman–Crippen MR) is 104 cm³/mol. The molecule has 0 spiro atoms. The van der Waals surface area contributed by atoms with Crippen molar-refractivity contribution in [3.8, 4) is 0 Å². The van der Waals surface area contributed by atoms with Crippen LogP contribution in [0.3, 0.4) is 0 Å². The lowest BCUT2D eigenvalue weighted by Crippen LogP contribution is -2.38. The molecule has 0 unspecified atom stereocenters. The molecule has 0 saturated carbocycles. The lowest BCUT2D eigenvalue weighted by molar-refractivity contribution is 0.0258. The molecular weight excluding hydrogens is 358 g/mol. The summed E-state index contributed by atoms with van der Waals surface area (Å²) >= 11 is 8.19. The van der Waals surface area contributed by atoms with Crippen molar-refractivity contribution in [1.82, 2.24) is 4.90 Å². The summed E-state index contributed by atoms with van der Waals surface area (Å²) in [5, 5.41) is 9.70. The Kier molecular flexibility index (Phi) is 7.47. The second kappa shape index (κ2) is 9.15. The highest BCUT2D eigenvalue weighted by Gasteiger charge is 2.25. The van der Waals surface area contributed by atoms with Gasteiger partial charge in [0.2, 0.25) is 0 Å². The van der Waals surface area contributed by atoms with Crippen LogP contribution in [-0.2, 0) is 17.6 Å². The summed E-state index contributed by atoms with van der Waals surface area (Å²) in [5.74, 6) is 0.937. The Bertz CT molecular complexity index is 601. The summed E-state index contributed by atoms with van der Waals surface area (Å²) in [7, 11) is 0. The van der Waals surface area contributed by atoms with Crippen molar-refractivity contribution in [3.63, 3.8) is 0 Å². The van der Waals surface area contributed by atoms with Crippen LogP contribution in [-0.4, -0.2) is 47.1 Å². The van der Waals surface area contributed by atoms with E-state index in [1.807, 2.05) is 26.8 Å². The van der Waals surface area contributed by atoms with Crippen molar-refractivity contribution in [2.75, 3.05) is 25.4 Å². The Balaban J connectivity index is 2.08. The van der Waals surface area contributed by atoms with E-state index in [4.69, 9.17) is 21.4 Å². The van der Waals surface area contributed by atoms with E-state index < -0.39 is 5.60 Å². The zero-order chi connectivity index (χ0) is 18.4. The molecule has 0 fully saturated rings. The van der Waals surface area contributed by atoms with E-state index >= 15 is 0 Å².